The van der Waals surface area contributed by atoms with Crippen molar-refractivity contribution in [3.63, 3.8) is 0 Å². The highest BCUT2D eigenvalue weighted by molar-refractivity contribution is 6.25. The molecule has 2 rings (SSSR count). The van der Waals surface area contributed by atoms with E-state index in [1.54, 1.807) is 20.0 Å². The molecule has 1 heterocycles. The van der Waals surface area contributed by atoms with E-state index in [2.05, 4.69) is 20.4 Å². The molecule has 2 amide bonds. The first-order valence-electron chi connectivity index (χ1n) is 11.7. The smallest absolute Gasteiger partial charge is 0.372 e. The first-order chi connectivity index (χ1) is 16.6. The lowest BCUT2D eigenvalue weighted by atomic mass is 10.0. The van der Waals surface area contributed by atoms with E-state index >= 15 is 0 Å². The Bertz CT molecular complexity index is 1100. The Morgan fingerprint density at radius 3 is 2.46 bits per heavy atom. The summed E-state index contributed by atoms with van der Waals surface area (Å²) in [5.41, 5.74) is 8.52. The number of fused-ring (bicyclic) bond motifs is 1. The van der Waals surface area contributed by atoms with E-state index in [1.165, 1.54) is 0 Å². The minimum absolute atomic E-state index is 0.0259. The lowest BCUT2D eigenvalue weighted by Gasteiger charge is -2.23. The van der Waals surface area contributed by atoms with Crippen molar-refractivity contribution in [1.82, 2.24) is 15.6 Å². The molecule has 35 heavy (non-hydrogen) atoms. The van der Waals surface area contributed by atoms with Gasteiger partial charge in [0.05, 0.1) is 16.4 Å². The number of carbonyl (C=O) groups excluding carboxylic acids is 4. The lowest BCUT2D eigenvalue weighted by Crippen LogP contribution is -2.53. The molecule has 10 nitrogen and oxygen atoms in total. The van der Waals surface area contributed by atoms with Gasteiger partial charge in [-0.1, -0.05) is 32.0 Å². The number of H-pyrrole nitrogens is 1. The highest BCUT2D eigenvalue weighted by atomic mass is 16.5. The van der Waals surface area contributed by atoms with Gasteiger partial charge in [0.1, 0.15) is 12.1 Å². The highest BCUT2D eigenvalue weighted by Crippen LogP contribution is 2.19. The maximum atomic E-state index is 13.3. The number of Topliss-reactive ketones (excluding diaryl/α,β-unsaturated/α-hetero) is 1. The Balaban J connectivity index is 2.26. The number of hydrogen-bond acceptors (Lipinski definition) is 6. The summed E-state index contributed by atoms with van der Waals surface area (Å²) in [7, 11) is 0. The molecule has 0 aliphatic carbocycles. The van der Waals surface area contributed by atoms with E-state index in [0.29, 0.717) is 0 Å². The number of ether oxygens (including phenoxy) is 1. The number of benzene rings is 1. The molecule has 0 radical (unpaired) electrons. The zero-order valence-corrected chi connectivity index (χ0v) is 20.6. The van der Waals surface area contributed by atoms with Crippen LogP contribution in [0.3, 0.4) is 0 Å². The largest absolute Gasteiger partial charge is 0.461 e. The van der Waals surface area contributed by atoms with E-state index in [-0.39, 0.29) is 37.5 Å². The second-order valence-corrected chi connectivity index (χ2v) is 9.09. The average molecular weight is 485 g/mol. The number of nitrogens with one attached hydrogen (secondary N) is 4. The summed E-state index contributed by atoms with van der Waals surface area (Å²) in [6, 6.07) is 5.59. The molecule has 0 saturated carbocycles. The molecule has 0 aliphatic heterocycles. The number of amides is 2. The number of aromatic amines is 1. The molecule has 0 bridgehead atoms. The quantitative estimate of drug-likeness (QED) is 0.149. The monoisotopic (exact) mass is 484 g/mol. The summed E-state index contributed by atoms with van der Waals surface area (Å²) in [5, 5.41) is 6.38. The van der Waals surface area contributed by atoms with Gasteiger partial charge in [-0.2, -0.15) is 0 Å². The van der Waals surface area contributed by atoms with Gasteiger partial charge in [0.15, 0.2) is 0 Å². The second kappa shape index (κ2) is 13.2. The van der Waals surface area contributed by atoms with E-state index in [9.17, 15) is 19.2 Å². The topological polar surface area (TPSA) is 155 Å². The Labute approximate surface area is 204 Å². The fourth-order valence-electron chi connectivity index (χ4n) is 3.61. The van der Waals surface area contributed by atoms with Crippen LogP contribution in [0, 0.1) is 11.4 Å². The normalized spacial score (nSPS) is 12.6. The molecule has 0 saturated heterocycles. The third-order valence-electron chi connectivity index (χ3n) is 5.19. The van der Waals surface area contributed by atoms with Crippen LogP contribution in [-0.4, -0.2) is 57.7 Å². The van der Waals surface area contributed by atoms with Crippen molar-refractivity contribution in [2.45, 2.75) is 71.6 Å². The van der Waals surface area contributed by atoms with Crippen molar-refractivity contribution in [2.75, 3.05) is 0 Å². The molecule has 2 atom stereocenters. The summed E-state index contributed by atoms with van der Waals surface area (Å²) in [5.74, 6) is -1.85. The Kier molecular flexibility index (Phi) is 10.4. The van der Waals surface area contributed by atoms with Crippen molar-refractivity contribution >= 4 is 40.7 Å². The van der Waals surface area contributed by atoms with Crippen molar-refractivity contribution in [1.29, 1.82) is 5.53 Å². The van der Waals surface area contributed by atoms with Crippen LogP contribution in [0.1, 0.15) is 52.5 Å². The standard InChI is InChI=1S/C25H33N5O5/c1-15(2)11-23(32)29-22(12-17-13-27-20-8-6-5-7-19(17)20)24(33)30-21(25(34)35-16(3)4)10-9-18(31)14-28-26/h5-8,13-16,21-22,26-27H,9-12H2,1-4H3,(H-,29,30,32,33)/p+1/t21-,22-/m0/s1. The van der Waals surface area contributed by atoms with Gasteiger partial charge in [0.2, 0.25) is 17.6 Å². The van der Waals surface area contributed by atoms with Crippen LogP contribution in [0.25, 0.3) is 10.9 Å². The molecule has 4 N–H and O–H groups in total. The minimum atomic E-state index is -1.10. The van der Waals surface area contributed by atoms with Crippen molar-refractivity contribution < 1.29 is 28.7 Å². The zero-order chi connectivity index (χ0) is 26.0. The van der Waals surface area contributed by atoms with Crippen LogP contribution in [0.4, 0.5) is 0 Å². The summed E-state index contributed by atoms with van der Waals surface area (Å²) < 4.78 is 5.25. The van der Waals surface area contributed by atoms with Crippen LogP contribution in [0.15, 0.2) is 30.5 Å². The second-order valence-electron chi connectivity index (χ2n) is 9.09. The number of esters is 1. The predicted molar refractivity (Wildman–Crippen MR) is 130 cm³/mol. The fourth-order valence-corrected chi connectivity index (χ4v) is 3.61. The predicted octanol–water partition coefficient (Wildman–Crippen LogP) is 2.34. The molecule has 0 fully saturated rings. The number of ketones is 1. The highest BCUT2D eigenvalue weighted by Gasteiger charge is 2.29. The van der Waals surface area contributed by atoms with E-state index in [1.807, 2.05) is 38.1 Å². The summed E-state index contributed by atoms with van der Waals surface area (Å²) in [4.78, 5) is 56.4. The number of nitrogens with zero attached hydrogens (tertiary/aromatic N) is 1. The summed E-state index contributed by atoms with van der Waals surface area (Å²) in [6.07, 6.45) is 2.55. The van der Waals surface area contributed by atoms with Crippen LogP contribution >= 0.6 is 0 Å². The first kappa shape index (κ1) is 27.5. The number of carbonyl (C=O) groups is 4. The Morgan fingerprint density at radius 2 is 1.80 bits per heavy atom. The maximum Gasteiger partial charge on any atom is 0.372 e. The zero-order valence-electron chi connectivity index (χ0n) is 20.6. The first-order valence-corrected chi connectivity index (χ1v) is 11.7. The molecule has 2 aromatic rings. The SMILES string of the molecule is CC(C)CC(=O)N[C@@H](Cc1c[nH]c2ccccc12)C(=O)N[C@@H](CCC(=O)C=[N+]=N)C(=O)OC(C)C. The van der Waals surface area contributed by atoms with Gasteiger partial charge in [-0.15, -0.1) is 0 Å². The summed E-state index contributed by atoms with van der Waals surface area (Å²) >= 11 is 0. The summed E-state index contributed by atoms with van der Waals surface area (Å²) in [6.45, 7) is 7.17. The van der Waals surface area contributed by atoms with Crippen LogP contribution < -0.4 is 10.6 Å². The number of para-hydroxylation sites is 1. The number of aromatic nitrogens is 1. The molecule has 10 heteroatoms. The molecule has 1 aromatic heterocycles. The van der Waals surface area contributed by atoms with Gasteiger partial charge in [0.25, 0.3) is 0 Å². The van der Waals surface area contributed by atoms with Crippen LogP contribution in [-0.2, 0) is 30.3 Å². The average Bonchev–Trinajstić information content (AvgIpc) is 3.18. The van der Waals surface area contributed by atoms with Crippen molar-refractivity contribution in [3.05, 3.63) is 36.0 Å². The molecule has 1 aromatic carbocycles. The Morgan fingerprint density at radius 1 is 1.09 bits per heavy atom. The van der Waals surface area contributed by atoms with Crippen molar-refractivity contribution in [3.8, 4) is 0 Å². The maximum absolute atomic E-state index is 13.3. The molecule has 0 unspecified atom stereocenters. The van der Waals surface area contributed by atoms with Gasteiger partial charge >= 0.3 is 12.2 Å². The van der Waals surface area contributed by atoms with Gasteiger partial charge in [0, 0.05) is 36.4 Å². The number of hydrogen-bond donors (Lipinski definition) is 4. The van der Waals surface area contributed by atoms with Crippen molar-refractivity contribution in [2.24, 2.45) is 5.92 Å². The molecule has 188 valence electrons. The lowest BCUT2D eigenvalue weighted by molar-refractivity contribution is -0.152. The molecular formula is C25H34N5O5+. The van der Waals surface area contributed by atoms with Gasteiger partial charge in [-0.3, -0.25) is 14.4 Å². The third-order valence-corrected chi connectivity index (χ3v) is 5.19. The third kappa shape index (κ3) is 8.83. The molecule has 0 aliphatic rings. The fraction of sp³-hybridized carbons (Fsp3) is 0.480. The molecule has 0 spiro atoms. The van der Waals surface area contributed by atoms with E-state index in [0.717, 1.165) is 22.7 Å². The van der Waals surface area contributed by atoms with Crippen LogP contribution in [0.5, 0.6) is 0 Å². The van der Waals surface area contributed by atoms with Gasteiger partial charge < -0.3 is 20.4 Å². The number of rotatable bonds is 13. The van der Waals surface area contributed by atoms with Gasteiger partial charge in [-0.05, 0) is 37.8 Å². The van der Waals surface area contributed by atoms with Gasteiger partial charge in [-0.25, -0.2) is 4.79 Å². The minimum Gasteiger partial charge on any atom is -0.461 e. The van der Waals surface area contributed by atoms with E-state index in [4.69, 9.17) is 10.3 Å². The Hall–Kier alpha value is -3.78. The molecular weight excluding hydrogens is 450 g/mol. The van der Waals surface area contributed by atoms with Crippen LogP contribution in [0.2, 0.25) is 0 Å². The van der Waals surface area contributed by atoms with E-state index < -0.39 is 35.8 Å².